The number of ether oxygens (including phenoxy) is 1. The number of benzene rings is 2. The fraction of sp³-hybridized carbons (Fsp3) is 0.367. The van der Waals surface area contributed by atoms with Crippen molar-refractivity contribution >= 4 is 22.4 Å². The second-order valence-electron chi connectivity index (χ2n) is 9.97. The van der Waals surface area contributed by atoms with Crippen LogP contribution in [0.5, 0.6) is 5.75 Å². The first-order valence-corrected chi connectivity index (χ1v) is 12.8. The molecule has 192 valence electrons. The lowest BCUT2D eigenvalue weighted by atomic mass is 9.97. The minimum Gasteiger partial charge on any atom is -0.489 e. The summed E-state index contributed by atoms with van der Waals surface area (Å²) in [6.45, 7) is 10.9. The van der Waals surface area contributed by atoms with E-state index in [2.05, 4.69) is 40.2 Å². The van der Waals surface area contributed by atoms with Crippen LogP contribution >= 0.6 is 0 Å². The van der Waals surface area contributed by atoms with E-state index in [0.29, 0.717) is 36.0 Å². The summed E-state index contributed by atoms with van der Waals surface area (Å²) in [5.41, 5.74) is 3.25. The second-order valence-corrected chi connectivity index (χ2v) is 9.97. The van der Waals surface area contributed by atoms with Crippen LogP contribution in [0.2, 0.25) is 0 Å². The molecule has 1 aromatic heterocycles. The molecule has 1 aliphatic rings. The number of piperidine rings is 1. The molecular weight excluding hydrogens is 462 g/mol. The van der Waals surface area contributed by atoms with E-state index in [9.17, 15) is 4.79 Å². The summed E-state index contributed by atoms with van der Waals surface area (Å²) in [5, 5.41) is 17.5. The highest BCUT2D eigenvalue weighted by molar-refractivity contribution is 5.99. The normalized spacial score (nSPS) is 14.4. The quantitative estimate of drug-likeness (QED) is 0.392. The molecule has 7 nitrogen and oxygen atoms in total. The number of rotatable bonds is 9. The molecule has 2 heterocycles. The van der Waals surface area contributed by atoms with Gasteiger partial charge >= 0.3 is 0 Å². The minimum atomic E-state index is -0.147. The summed E-state index contributed by atoms with van der Waals surface area (Å²) in [5.74, 6) is 1.07. The fourth-order valence-electron chi connectivity index (χ4n) is 4.54. The smallest absolute Gasteiger partial charge is 0.269 e. The van der Waals surface area contributed by atoms with Crippen molar-refractivity contribution in [1.82, 2.24) is 15.2 Å². The highest BCUT2D eigenvalue weighted by atomic mass is 16.5. The van der Waals surface area contributed by atoms with Gasteiger partial charge in [-0.1, -0.05) is 30.8 Å². The van der Waals surface area contributed by atoms with Crippen LogP contribution < -0.4 is 15.4 Å². The number of carbonyl (C=O) groups is 1. The maximum absolute atomic E-state index is 12.9. The van der Waals surface area contributed by atoms with E-state index in [1.54, 1.807) is 6.07 Å². The van der Waals surface area contributed by atoms with E-state index >= 15 is 0 Å². The molecule has 0 aliphatic carbocycles. The Hall–Kier alpha value is -3.89. The highest BCUT2D eigenvalue weighted by Crippen LogP contribution is 2.36. The maximum Gasteiger partial charge on any atom is 0.269 e. The number of hydrogen-bond donors (Lipinski definition) is 2. The van der Waals surface area contributed by atoms with Gasteiger partial charge in [0.15, 0.2) is 0 Å². The number of nitriles is 1. The maximum atomic E-state index is 12.9. The third kappa shape index (κ3) is 6.66. The number of nitrogens with zero attached hydrogens (tertiary/aromatic N) is 3. The Labute approximate surface area is 219 Å². The number of fused-ring (bicyclic) bond motifs is 1. The molecule has 0 bridgehead atoms. The molecule has 1 fully saturated rings. The van der Waals surface area contributed by atoms with Gasteiger partial charge in [-0.3, -0.25) is 4.79 Å². The summed E-state index contributed by atoms with van der Waals surface area (Å²) < 4.78 is 6.05. The van der Waals surface area contributed by atoms with Crippen LogP contribution in [-0.4, -0.2) is 55.1 Å². The Bertz CT molecular complexity index is 1320. The van der Waals surface area contributed by atoms with Crippen molar-refractivity contribution in [1.29, 1.82) is 5.26 Å². The van der Waals surface area contributed by atoms with Gasteiger partial charge in [0.1, 0.15) is 11.4 Å². The minimum absolute atomic E-state index is 0.00766. The zero-order chi connectivity index (χ0) is 26.4. The van der Waals surface area contributed by atoms with Crippen LogP contribution in [0.1, 0.15) is 37.2 Å². The molecule has 4 rings (SSSR count). The molecule has 0 atom stereocenters. The van der Waals surface area contributed by atoms with Gasteiger partial charge in [-0.2, -0.15) is 5.26 Å². The second kappa shape index (κ2) is 11.9. The number of nitrogens with one attached hydrogen (secondary N) is 2. The predicted molar refractivity (Wildman–Crippen MR) is 149 cm³/mol. The zero-order valence-corrected chi connectivity index (χ0v) is 21.9. The van der Waals surface area contributed by atoms with Gasteiger partial charge in [-0.15, -0.1) is 0 Å². The van der Waals surface area contributed by atoms with Crippen molar-refractivity contribution < 1.29 is 9.53 Å². The lowest BCUT2D eigenvalue weighted by Gasteiger charge is -2.28. The third-order valence-corrected chi connectivity index (χ3v) is 6.65. The fourth-order valence-corrected chi connectivity index (χ4v) is 4.54. The Morgan fingerprint density at radius 1 is 1.22 bits per heavy atom. The third-order valence-electron chi connectivity index (χ3n) is 6.65. The lowest BCUT2D eigenvalue weighted by molar-refractivity contribution is 0.0934. The Morgan fingerprint density at radius 2 is 1.97 bits per heavy atom. The van der Waals surface area contributed by atoms with Crippen molar-refractivity contribution in [2.45, 2.75) is 32.8 Å². The molecule has 1 amide bonds. The van der Waals surface area contributed by atoms with Gasteiger partial charge in [0.05, 0.1) is 23.6 Å². The van der Waals surface area contributed by atoms with Gasteiger partial charge in [0.25, 0.3) is 5.91 Å². The van der Waals surface area contributed by atoms with Crippen LogP contribution in [0, 0.1) is 17.2 Å². The zero-order valence-electron chi connectivity index (χ0n) is 21.9. The average Bonchev–Trinajstić information content (AvgIpc) is 2.91. The van der Waals surface area contributed by atoms with E-state index in [-0.39, 0.29) is 12.0 Å². The molecule has 37 heavy (non-hydrogen) atoms. The molecule has 2 N–H and O–H groups in total. The molecule has 7 heteroatoms. The van der Waals surface area contributed by atoms with E-state index in [0.717, 1.165) is 53.6 Å². The molecule has 1 aliphatic heterocycles. The topological polar surface area (TPSA) is 90.3 Å². The number of amides is 1. The van der Waals surface area contributed by atoms with Gasteiger partial charge in [-0.05, 0) is 82.4 Å². The summed E-state index contributed by atoms with van der Waals surface area (Å²) in [6.07, 6.45) is 2.19. The number of aromatic nitrogens is 1. The summed E-state index contributed by atoms with van der Waals surface area (Å²) in [7, 11) is 2.14. The van der Waals surface area contributed by atoms with Crippen LogP contribution in [0.25, 0.3) is 22.0 Å². The molecule has 0 radical (unpaired) electrons. The Morgan fingerprint density at radius 3 is 2.70 bits per heavy atom. The lowest BCUT2D eigenvalue weighted by Crippen LogP contribution is -2.37. The van der Waals surface area contributed by atoms with E-state index in [1.807, 2.05) is 56.3 Å². The summed E-state index contributed by atoms with van der Waals surface area (Å²) >= 11 is 0. The van der Waals surface area contributed by atoms with Gasteiger partial charge in [-0.25, -0.2) is 4.98 Å². The van der Waals surface area contributed by atoms with Crippen LogP contribution in [0.15, 0.2) is 60.7 Å². The van der Waals surface area contributed by atoms with E-state index < -0.39 is 0 Å². The summed E-state index contributed by atoms with van der Waals surface area (Å²) in [6, 6.07) is 17.6. The molecule has 0 saturated carbocycles. The van der Waals surface area contributed by atoms with Crippen molar-refractivity contribution in [3.63, 3.8) is 0 Å². The van der Waals surface area contributed by atoms with Crippen LogP contribution in [0.3, 0.4) is 0 Å². The highest BCUT2D eigenvalue weighted by Gasteiger charge is 2.18. The van der Waals surface area contributed by atoms with Gasteiger partial charge < -0.3 is 20.3 Å². The van der Waals surface area contributed by atoms with Gasteiger partial charge in [0.2, 0.25) is 0 Å². The van der Waals surface area contributed by atoms with E-state index in [4.69, 9.17) is 10.00 Å². The van der Waals surface area contributed by atoms with Crippen LogP contribution in [-0.2, 0) is 0 Å². The first-order chi connectivity index (χ1) is 17.8. The first-order valence-electron chi connectivity index (χ1n) is 12.8. The van der Waals surface area contributed by atoms with Crippen LogP contribution in [0.4, 0.5) is 5.69 Å². The molecular formula is C30H35N5O2. The van der Waals surface area contributed by atoms with Crippen molar-refractivity contribution in [2.24, 2.45) is 5.92 Å². The monoisotopic (exact) mass is 497 g/mol. The standard InChI is InChI=1S/C30H35N5O2/c1-20(2)37-28-11-10-23-8-9-24(16-25(23)29(28)32-18-21(3)17-31)26-6-5-7-27(34-26)30(36)33-19-22-12-14-35(4)15-13-22/h5-11,16,20,22,32H,3,12-15,18-19H2,1-2,4H3,(H,33,36). The SMILES string of the molecule is C=C(C#N)CNc1c(OC(C)C)ccc2ccc(-c3cccc(C(=O)NCC4CCN(C)CC4)n3)cc12. The Balaban J connectivity index is 1.59. The number of likely N-dealkylation sites (tertiary alicyclic amines) is 1. The van der Waals surface area contributed by atoms with Crippen molar-refractivity contribution in [3.8, 4) is 23.1 Å². The number of anilines is 1. The number of hydrogen-bond acceptors (Lipinski definition) is 6. The average molecular weight is 498 g/mol. The predicted octanol–water partition coefficient (Wildman–Crippen LogP) is 5.25. The Kier molecular flexibility index (Phi) is 8.42. The molecule has 1 saturated heterocycles. The van der Waals surface area contributed by atoms with E-state index in [1.165, 1.54) is 0 Å². The molecule has 2 aromatic carbocycles. The molecule has 3 aromatic rings. The molecule has 0 unspecified atom stereocenters. The summed E-state index contributed by atoms with van der Waals surface area (Å²) in [4.78, 5) is 19.9. The number of carbonyl (C=O) groups excluding carboxylic acids is 1. The molecule has 0 spiro atoms. The van der Waals surface area contributed by atoms with Crippen molar-refractivity contribution in [3.05, 3.63) is 66.4 Å². The number of pyridine rings is 1. The van der Waals surface area contributed by atoms with Gasteiger partial charge in [0, 0.05) is 29.6 Å². The largest absolute Gasteiger partial charge is 0.489 e. The van der Waals surface area contributed by atoms with Crippen molar-refractivity contribution in [2.75, 3.05) is 38.5 Å². The first kappa shape index (κ1) is 26.2.